The molecule has 0 fully saturated rings. The second-order valence-corrected chi connectivity index (χ2v) is 4.49. The van der Waals surface area contributed by atoms with Crippen LogP contribution in [0.4, 0.5) is 5.69 Å². The van der Waals surface area contributed by atoms with Gasteiger partial charge in [0.15, 0.2) is 6.61 Å². The fourth-order valence-corrected chi connectivity index (χ4v) is 2.22. The minimum Gasteiger partial charge on any atom is -0.482 e. The second-order valence-electron chi connectivity index (χ2n) is 4.49. The molecule has 0 radical (unpaired) electrons. The lowest BCUT2D eigenvalue weighted by molar-refractivity contribution is -0.121. The monoisotopic (exact) mass is 288 g/mol. The Labute approximate surface area is 119 Å². The molecule has 0 spiro atoms. The number of carboxylic acids is 1. The van der Waals surface area contributed by atoms with Gasteiger partial charge < -0.3 is 19.3 Å². The van der Waals surface area contributed by atoms with Gasteiger partial charge in [-0.15, -0.1) is 0 Å². The van der Waals surface area contributed by atoms with Crippen molar-refractivity contribution in [2.75, 3.05) is 18.1 Å². The number of carbonyl (C=O) groups is 2. The molecular formula is C14H12N2O5. The summed E-state index contributed by atoms with van der Waals surface area (Å²) in [7, 11) is 0. The van der Waals surface area contributed by atoms with Crippen molar-refractivity contribution in [2.24, 2.45) is 0 Å². The largest absolute Gasteiger partial charge is 0.482 e. The first-order chi connectivity index (χ1) is 10.1. The van der Waals surface area contributed by atoms with Gasteiger partial charge in [-0.05, 0) is 25.1 Å². The van der Waals surface area contributed by atoms with Gasteiger partial charge in [-0.3, -0.25) is 4.79 Å². The molecule has 0 saturated heterocycles. The molecule has 0 unspecified atom stereocenters. The van der Waals surface area contributed by atoms with Crippen LogP contribution in [0.3, 0.4) is 0 Å². The van der Waals surface area contributed by atoms with Crippen molar-refractivity contribution in [3.05, 3.63) is 30.0 Å². The lowest BCUT2D eigenvalue weighted by Gasteiger charge is -2.28. The van der Waals surface area contributed by atoms with Crippen LogP contribution in [0.25, 0.3) is 11.3 Å². The van der Waals surface area contributed by atoms with E-state index in [0.29, 0.717) is 29.2 Å². The molecule has 1 aliphatic heterocycles. The van der Waals surface area contributed by atoms with Crippen LogP contribution in [0, 0.1) is 0 Å². The average Bonchev–Trinajstić information content (AvgIpc) is 2.96. The minimum absolute atomic E-state index is 0.0211. The van der Waals surface area contributed by atoms with Crippen LogP contribution >= 0.6 is 0 Å². The summed E-state index contributed by atoms with van der Waals surface area (Å²) in [5.41, 5.74) is 1.69. The van der Waals surface area contributed by atoms with Crippen LogP contribution in [0.2, 0.25) is 0 Å². The van der Waals surface area contributed by atoms with E-state index in [-0.39, 0.29) is 18.3 Å². The summed E-state index contributed by atoms with van der Waals surface area (Å²) in [6.07, 6.45) is 0. The van der Waals surface area contributed by atoms with Crippen molar-refractivity contribution >= 4 is 17.6 Å². The van der Waals surface area contributed by atoms with Crippen LogP contribution in [0.1, 0.15) is 17.5 Å². The number of ether oxygens (including phenoxy) is 1. The zero-order valence-corrected chi connectivity index (χ0v) is 11.2. The van der Waals surface area contributed by atoms with Gasteiger partial charge >= 0.3 is 5.97 Å². The highest BCUT2D eigenvalue weighted by Gasteiger charge is 2.25. The van der Waals surface area contributed by atoms with Gasteiger partial charge in [0.1, 0.15) is 11.4 Å². The molecule has 0 saturated carbocycles. The first-order valence-electron chi connectivity index (χ1n) is 6.37. The molecule has 1 amide bonds. The van der Waals surface area contributed by atoms with E-state index >= 15 is 0 Å². The second kappa shape index (κ2) is 4.93. The number of amides is 1. The molecule has 1 aromatic carbocycles. The number of carbonyl (C=O) groups excluding carboxylic acids is 1. The number of benzene rings is 1. The van der Waals surface area contributed by atoms with E-state index in [0.717, 1.165) is 0 Å². The van der Waals surface area contributed by atoms with Gasteiger partial charge in [0.25, 0.3) is 5.91 Å². The molecule has 108 valence electrons. The Kier molecular flexibility index (Phi) is 3.09. The number of fused-ring (bicyclic) bond motifs is 1. The van der Waals surface area contributed by atoms with Gasteiger partial charge in [0.2, 0.25) is 5.76 Å². The number of anilines is 1. The summed E-state index contributed by atoms with van der Waals surface area (Å²) in [5.74, 6) is -0.918. The maximum absolute atomic E-state index is 11.8. The van der Waals surface area contributed by atoms with Crippen molar-refractivity contribution in [2.45, 2.75) is 6.92 Å². The normalized spacial score (nSPS) is 13.8. The van der Waals surface area contributed by atoms with Gasteiger partial charge in [0.05, 0.1) is 5.69 Å². The molecule has 1 aromatic heterocycles. The van der Waals surface area contributed by atoms with Crippen molar-refractivity contribution in [3.8, 4) is 17.0 Å². The lowest BCUT2D eigenvalue weighted by Crippen LogP contribution is -2.38. The number of hydrogen-bond acceptors (Lipinski definition) is 5. The van der Waals surface area contributed by atoms with E-state index in [2.05, 4.69) is 5.16 Å². The van der Waals surface area contributed by atoms with Gasteiger partial charge in [0, 0.05) is 18.2 Å². The highest BCUT2D eigenvalue weighted by atomic mass is 16.5. The Bertz CT molecular complexity index is 722. The Morgan fingerprint density at radius 3 is 2.90 bits per heavy atom. The maximum Gasteiger partial charge on any atom is 0.374 e. The third-order valence-corrected chi connectivity index (χ3v) is 3.23. The zero-order chi connectivity index (χ0) is 15.0. The van der Waals surface area contributed by atoms with Crippen LogP contribution in [-0.4, -0.2) is 35.3 Å². The van der Waals surface area contributed by atoms with Crippen LogP contribution in [-0.2, 0) is 4.79 Å². The number of rotatable bonds is 3. The molecule has 2 aromatic rings. The Morgan fingerprint density at radius 1 is 1.43 bits per heavy atom. The summed E-state index contributed by atoms with van der Waals surface area (Å²) in [4.78, 5) is 24.2. The first-order valence-corrected chi connectivity index (χ1v) is 6.37. The van der Waals surface area contributed by atoms with Crippen molar-refractivity contribution < 1.29 is 24.0 Å². The molecule has 1 aliphatic rings. The van der Waals surface area contributed by atoms with Gasteiger partial charge in [-0.1, -0.05) is 5.16 Å². The standard InChI is InChI=1S/C14H12N2O5/c1-2-16-10-5-8(3-4-11(10)20-7-13(16)17)9-6-12(14(18)19)21-15-9/h3-6H,2,7H2,1H3,(H,18,19). The summed E-state index contributed by atoms with van der Waals surface area (Å²) >= 11 is 0. The molecule has 21 heavy (non-hydrogen) atoms. The van der Waals surface area contributed by atoms with Crippen LogP contribution < -0.4 is 9.64 Å². The summed E-state index contributed by atoms with van der Waals surface area (Å²) in [5, 5.41) is 12.6. The molecule has 3 rings (SSSR count). The minimum atomic E-state index is -1.18. The molecular weight excluding hydrogens is 276 g/mol. The predicted molar refractivity (Wildman–Crippen MR) is 72.4 cm³/mol. The highest BCUT2D eigenvalue weighted by Crippen LogP contribution is 2.35. The SMILES string of the molecule is CCN1C(=O)COc2ccc(-c3cc(C(=O)O)on3)cc21. The summed E-state index contributed by atoms with van der Waals surface area (Å²) in [6.45, 7) is 2.42. The van der Waals surface area contributed by atoms with Gasteiger partial charge in [-0.25, -0.2) is 4.79 Å². The molecule has 7 heteroatoms. The predicted octanol–water partition coefficient (Wildman–Crippen LogP) is 1.79. The topological polar surface area (TPSA) is 92.9 Å². The van der Waals surface area contributed by atoms with Crippen molar-refractivity contribution in [3.63, 3.8) is 0 Å². The lowest BCUT2D eigenvalue weighted by atomic mass is 10.1. The third kappa shape index (κ3) is 2.22. The summed E-state index contributed by atoms with van der Waals surface area (Å²) < 4.78 is 10.1. The van der Waals surface area contributed by atoms with Crippen molar-refractivity contribution in [1.82, 2.24) is 5.16 Å². The van der Waals surface area contributed by atoms with E-state index in [1.165, 1.54) is 6.07 Å². The number of carboxylic acid groups (broad SMARTS) is 1. The number of likely N-dealkylation sites (N-methyl/N-ethyl adjacent to an activating group) is 1. The highest BCUT2D eigenvalue weighted by molar-refractivity contribution is 5.98. The fourth-order valence-electron chi connectivity index (χ4n) is 2.22. The Morgan fingerprint density at radius 2 is 2.24 bits per heavy atom. The number of hydrogen-bond donors (Lipinski definition) is 1. The molecule has 0 bridgehead atoms. The number of aromatic carboxylic acids is 1. The van der Waals surface area contributed by atoms with Crippen LogP contribution in [0.15, 0.2) is 28.8 Å². The Balaban J connectivity index is 2.03. The average molecular weight is 288 g/mol. The number of aromatic nitrogens is 1. The fraction of sp³-hybridized carbons (Fsp3) is 0.214. The molecule has 1 N–H and O–H groups in total. The first kappa shape index (κ1) is 13.2. The molecule has 7 nitrogen and oxygen atoms in total. The molecule has 0 atom stereocenters. The van der Waals surface area contributed by atoms with Crippen LogP contribution in [0.5, 0.6) is 5.75 Å². The van der Waals surface area contributed by atoms with E-state index in [1.807, 2.05) is 6.92 Å². The van der Waals surface area contributed by atoms with E-state index in [4.69, 9.17) is 14.4 Å². The summed E-state index contributed by atoms with van der Waals surface area (Å²) in [6, 6.07) is 6.55. The van der Waals surface area contributed by atoms with E-state index in [9.17, 15) is 9.59 Å². The third-order valence-electron chi connectivity index (χ3n) is 3.23. The smallest absolute Gasteiger partial charge is 0.374 e. The number of nitrogens with zero attached hydrogens (tertiary/aromatic N) is 2. The van der Waals surface area contributed by atoms with E-state index in [1.54, 1.807) is 23.1 Å². The maximum atomic E-state index is 11.8. The Hall–Kier alpha value is -2.83. The van der Waals surface area contributed by atoms with Crippen molar-refractivity contribution in [1.29, 1.82) is 0 Å². The molecule has 0 aliphatic carbocycles. The van der Waals surface area contributed by atoms with Gasteiger partial charge in [-0.2, -0.15) is 0 Å². The quantitative estimate of drug-likeness (QED) is 0.925. The zero-order valence-electron chi connectivity index (χ0n) is 11.2. The molecule has 2 heterocycles. The van der Waals surface area contributed by atoms with E-state index < -0.39 is 5.97 Å².